The summed E-state index contributed by atoms with van der Waals surface area (Å²) >= 11 is 0. The highest BCUT2D eigenvalue weighted by Gasteiger charge is 2.41. The Kier molecular flexibility index (Phi) is 3.36. The summed E-state index contributed by atoms with van der Waals surface area (Å²) in [5, 5.41) is 13.1. The van der Waals surface area contributed by atoms with Crippen LogP contribution in [0.4, 0.5) is 0 Å². The van der Waals surface area contributed by atoms with Crippen molar-refractivity contribution in [3.05, 3.63) is 0 Å². The third kappa shape index (κ3) is 2.42. The van der Waals surface area contributed by atoms with E-state index in [9.17, 15) is 13.5 Å². The van der Waals surface area contributed by atoms with E-state index in [-0.39, 0.29) is 17.5 Å². The second-order valence-corrected chi connectivity index (χ2v) is 7.75. The van der Waals surface area contributed by atoms with Crippen molar-refractivity contribution in [3.8, 4) is 0 Å². The molecule has 7 heteroatoms. The van der Waals surface area contributed by atoms with Crippen LogP contribution in [-0.4, -0.2) is 92.3 Å². The van der Waals surface area contributed by atoms with Crippen LogP contribution in [0.3, 0.4) is 0 Å². The molecule has 0 spiro atoms. The molecule has 0 saturated carbocycles. The van der Waals surface area contributed by atoms with Crippen molar-refractivity contribution in [2.24, 2.45) is 0 Å². The third-order valence-corrected chi connectivity index (χ3v) is 6.09. The van der Waals surface area contributed by atoms with Gasteiger partial charge in [0.2, 0.25) is 0 Å². The van der Waals surface area contributed by atoms with E-state index in [0.717, 1.165) is 39.3 Å². The van der Waals surface area contributed by atoms with Crippen molar-refractivity contribution in [2.75, 3.05) is 50.8 Å². The lowest BCUT2D eigenvalue weighted by Crippen LogP contribution is -2.63. The Bertz CT molecular complexity index is 402. The van der Waals surface area contributed by atoms with E-state index in [1.54, 1.807) is 0 Å². The van der Waals surface area contributed by atoms with E-state index in [1.165, 1.54) is 0 Å². The molecule has 0 aromatic carbocycles. The van der Waals surface area contributed by atoms with Gasteiger partial charge in [-0.2, -0.15) is 0 Å². The van der Waals surface area contributed by atoms with Crippen molar-refractivity contribution >= 4 is 9.84 Å². The fraction of sp³-hybridized carbons (Fsp3) is 1.00. The average molecular weight is 275 g/mol. The van der Waals surface area contributed by atoms with Crippen LogP contribution in [-0.2, 0) is 9.84 Å². The van der Waals surface area contributed by atoms with Crippen LogP contribution in [0, 0.1) is 0 Å². The number of aliphatic hydroxyl groups is 1. The molecule has 3 heterocycles. The number of hydrogen-bond acceptors (Lipinski definition) is 6. The van der Waals surface area contributed by atoms with E-state index in [0.29, 0.717) is 6.04 Å². The second kappa shape index (κ2) is 4.72. The lowest BCUT2D eigenvalue weighted by Gasteiger charge is -2.44. The van der Waals surface area contributed by atoms with E-state index in [1.807, 2.05) is 0 Å². The molecule has 6 nitrogen and oxygen atoms in total. The van der Waals surface area contributed by atoms with Crippen molar-refractivity contribution in [1.82, 2.24) is 15.1 Å². The first-order valence-electron chi connectivity index (χ1n) is 6.62. The second-order valence-electron chi connectivity index (χ2n) is 5.60. The van der Waals surface area contributed by atoms with Gasteiger partial charge in [0.05, 0.1) is 23.7 Å². The van der Waals surface area contributed by atoms with Gasteiger partial charge in [-0.3, -0.25) is 9.80 Å². The number of piperazine rings is 1. The maximum atomic E-state index is 11.5. The predicted molar refractivity (Wildman–Crippen MR) is 68.3 cm³/mol. The zero-order valence-electron chi connectivity index (χ0n) is 10.5. The number of aliphatic hydroxyl groups excluding tert-OH is 1. The molecular weight excluding hydrogens is 254 g/mol. The summed E-state index contributed by atoms with van der Waals surface area (Å²) in [5.74, 6) is 0.0591. The summed E-state index contributed by atoms with van der Waals surface area (Å²) in [4.78, 5) is 4.61. The van der Waals surface area contributed by atoms with Gasteiger partial charge in [-0.05, 0) is 0 Å². The van der Waals surface area contributed by atoms with Gasteiger partial charge < -0.3 is 10.4 Å². The highest BCUT2D eigenvalue weighted by atomic mass is 32.2. The van der Waals surface area contributed by atoms with Crippen LogP contribution in [0.2, 0.25) is 0 Å². The minimum absolute atomic E-state index is 0.0651. The Morgan fingerprint density at radius 3 is 2.06 bits per heavy atom. The van der Waals surface area contributed by atoms with Gasteiger partial charge in [0.25, 0.3) is 0 Å². The Morgan fingerprint density at radius 1 is 1.00 bits per heavy atom. The topological polar surface area (TPSA) is 72.9 Å². The predicted octanol–water partition coefficient (Wildman–Crippen LogP) is -2.27. The summed E-state index contributed by atoms with van der Waals surface area (Å²) in [7, 11) is -3.03. The van der Waals surface area contributed by atoms with Crippen LogP contribution in [0.25, 0.3) is 0 Å². The maximum absolute atomic E-state index is 11.5. The van der Waals surface area contributed by atoms with Gasteiger partial charge in [0, 0.05) is 45.3 Å². The molecule has 3 rings (SSSR count). The molecule has 104 valence electrons. The van der Waals surface area contributed by atoms with Crippen LogP contribution >= 0.6 is 0 Å². The molecule has 0 aliphatic carbocycles. The van der Waals surface area contributed by atoms with E-state index < -0.39 is 15.9 Å². The first-order chi connectivity index (χ1) is 8.55. The Labute approximate surface area is 108 Å². The standard InChI is InChI=1S/C11H21N3O3S/c15-11-8-18(16,17)7-10(11)14-3-1-13(2-4-14)9-5-12-6-9/h9-12,15H,1-8H2. The molecule has 18 heavy (non-hydrogen) atoms. The van der Waals surface area contributed by atoms with Gasteiger partial charge >= 0.3 is 0 Å². The highest BCUT2D eigenvalue weighted by molar-refractivity contribution is 7.91. The smallest absolute Gasteiger partial charge is 0.154 e. The first kappa shape index (κ1) is 12.8. The molecule has 0 radical (unpaired) electrons. The normalized spacial score (nSPS) is 38.7. The van der Waals surface area contributed by atoms with Crippen LogP contribution in [0.1, 0.15) is 0 Å². The van der Waals surface area contributed by atoms with E-state index in [2.05, 4.69) is 15.1 Å². The van der Waals surface area contributed by atoms with Gasteiger partial charge in [-0.1, -0.05) is 0 Å². The van der Waals surface area contributed by atoms with Crippen molar-refractivity contribution in [2.45, 2.75) is 18.2 Å². The first-order valence-corrected chi connectivity index (χ1v) is 8.44. The molecular formula is C11H21N3O3S. The number of nitrogens with zero attached hydrogens (tertiary/aromatic N) is 2. The van der Waals surface area contributed by atoms with Gasteiger partial charge in [-0.15, -0.1) is 0 Å². The molecule has 3 aliphatic heterocycles. The summed E-state index contributed by atoms with van der Waals surface area (Å²) in [6.07, 6.45) is -0.702. The van der Waals surface area contributed by atoms with Crippen LogP contribution in [0.5, 0.6) is 0 Å². The van der Waals surface area contributed by atoms with Crippen molar-refractivity contribution < 1.29 is 13.5 Å². The van der Waals surface area contributed by atoms with Crippen LogP contribution < -0.4 is 5.32 Å². The summed E-state index contributed by atoms with van der Waals surface area (Å²) in [6.45, 7) is 5.84. The molecule has 0 amide bonds. The van der Waals surface area contributed by atoms with Gasteiger partial charge in [0.1, 0.15) is 0 Å². The van der Waals surface area contributed by atoms with E-state index >= 15 is 0 Å². The van der Waals surface area contributed by atoms with Gasteiger partial charge in [0.15, 0.2) is 9.84 Å². The highest BCUT2D eigenvalue weighted by Crippen LogP contribution is 2.20. The Hall–Kier alpha value is -0.210. The Morgan fingerprint density at radius 2 is 1.61 bits per heavy atom. The van der Waals surface area contributed by atoms with E-state index in [4.69, 9.17) is 0 Å². The summed E-state index contributed by atoms with van der Waals surface area (Å²) < 4.78 is 23.0. The fourth-order valence-corrected chi connectivity index (χ4v) is 4.96. The molecule has 2 unspecified atom stereocenters. The third-order valence-electron chi connectivity index (χ3n) is 4.39. The molecule has 2 atom stereocenters. The largest absolute Gasteiger partial charge is 0.390 e. The fourth-order valence-electron chi connectivity index (χ4n) is 3.13. The number of sulfone groups is 1. The van der Waals surface area contributed by atoms with Crippen molar-refractivity contribution in [1.29, 1.82) is 0 Å². The summed E-state index contributed by atoms with van der Waals surface area (Å²) in [6, 6.07) is 0.473. The van der Waals surface area contributed by atoms with Gasteiger partial charge in [-0.25, -0.2) is 8.42 Å². The maximum Gasteiger partial charge on any atom is 0.154 e. The van der Waals surface area contributed by atoms with Crippen LogP contribution in [0.15, 0.2) is 0 Å². The monoisotopic (exact) mass is 275 g/mol. The molecule has 3 fully saturated rings. The SMILES string of the molecule is O=S1(=O)CC(O)C(N2CCN(C3CNC3)CC2)C1. The molecule has 0 aromatic rings. The minimum Gasteiger partial charge on any atom is -0.390 e. The lowest BCUT2D eigenvalue weighted by molar-refractivity contribution is 0.0222. The minimum atomic E-state index is -3.03. The van der Waals surface area contributed by atoms with Crippen molar-refractivity contribution in [3.63, 3.8) is 0 Å². The molecule has 3 saturated heterocycles. The molecule has 2 N–H and O–H groups in total. The molecule has 0 aromatic heterocycles. The Balaban J connectivity index is 1.56. The molecule has 3 aliphatic rings. The summed E-state index contributed by atoms with van der Waals surface area (Å²) in [5.41, 5.74) is 0. The zero-order chi connectivity index (χ0) is 12.8. The number of nitrogens with one attached hydrogen (secondary N) is 1. The average Bonchev–Trinajstić information content (AvgIpc) is 2.51. The number of rotatable bonds is 2. The lowest BCUT2D eigenvalue weighted by atomic mass is 10.1. The quantitative estimate of drug-likeness (QED) is 0.592. The molecule has 0 bridgehead atoms. The number of hydrogen-bond donors (Lipinski definition) is 2. The zero-order valence-corrected chi connectivity index (χ0v) is 11.3.